The molecule has 0 unspecified atom stereocenters. The third-order valence-electron chi connectivity index (χ3n) is 15.6. The van der Waals surface area contributed by atoms with E-state index in [1.807, 2.05) is 0 Å². The average Bonchev–Trinajstić information content (AvgIpc) is 4.02. The first-order valence-electron chi connectivity index (χ1n) is 29.4. The number of rotatable bonds is 32. The Labute approximate surface area is 501 Å². The predicted molar refractivity (Wildman–Crippen MR) is 305 cm³/mol. The minimum absolute atomic E-state index is 0.0847. The number of aromatic nitrogens is 1. The summed E-state index contributed by atoms with van der Waals surface area (Å²) in [6.45, 7) is 8.98. The van der Waals surface area contributed by atoms with Gasteiger partial charge in [-0.2, -0.15) is 0 Å². The predicted octanol–water partition coefficient (Wildman–Crippen LogP) is 8.11. The van der Waals surface area contributed by atoms with Crippen LogP contribution in [0, 0.1) is 45.6 Å². The molecule has 4 aliphatic carbocycles. The van der Waals surface area contributed by atoms with E-state index in [1.54, 1.807) is 18.2 Å². The zero-order valence-corrected chi connectivity index (χ0v) is 49.1. The number of carbonyl (C=O) groups excluding carboxylic acids is 8. The molecule has 2 aromatic carbocycles. The van der Waals surface area contributed by atoms with Gasteiger partial charge in [-0.3, -0.25) is 38.9 Å². The van der Waals surface area contributed by atoms with E-state index >= 15 is 0 Å². The summed E-state index contributed by atoms with van der Waals surface area (Å²) in [5, 5.41) is 11.9. The molecule has 0 amide bonds. The maximum absolute atomic E-state index is 13.8. The Morgan fingerprint density at radius 2 is 0.791 bits per heavy atom. The van der Waals surface area contributed by atoms with E-state index in [2.05, 4.69) is 13.2 Å². The van der Waals surface area contributed by atoms with Crippen molar-refractivity contribution in [1.29, 1.82) is 0 Å². The van der Waals surface area contributed by atoms with Gasteiger partial charge in [0, 0.05) is 29.8 Å². The molecule has 7 rings (SSSR count). The third-order valence-corrected chi connectivity index (χ3v) is 16.7. The molecule has 4 fully saturated rings. The van der Waals surface area contributed by atoms with Crippen molar-refractivity contribution in [2.45, 2.75) is 115 Å². The molecule has 0 bridgehead atoms. The molecule has 4 saturated carbocycles. The molecule has 0 radical (unpaired) electrons. The van der Waals surface area contributed by atoms with Gasteiger partial charge in [0.25, 0.3) is 5.69 Å². The number of benzene rings is 2. The lowest BCUT2D eigenvalue weighted by Gasteiger charge is -2.30. The van der Waals surface area contributed by atoms with Crippen LogP contribution in [0.1, 0.15) is 103 Å². The van der Waals surface area contributed by atoms with E-state index in [0.717, 1.165) is 12.2 Å². The summed E-state index contributed by atoms with van der Waals surface area (Å²) < 4.78 is 66.2. The minimum Gasteiger partial charge on any atom is -0.463 e. The first-order chi connectivity index (χ1) is 41.7. The molecule has 1 aromatic heterocycles. The van der Waals surface area contributed by atoms with Crippen LogP contribution in [0.4, 0.5) is 5.69 Å². The summed E-state index contributed by atoms with van der Waals surface area (Å²) in [4.78, 5) is 117. The van der Waals surface area contributed by atoms with E-state index in [1.165, 1.54) is 29.5 Å². The van der Waals surface area contributed by atoms with Crippen molar-refractivity contribution in [2.75, 3.05) is 79.3 Å². The van der Waals surface area contributed by atoms with Gasteiger partial charge in [0.05, 0.1) is 93.3 Å². The molecule has 0 spiro atoms. The summed E-state index contributed by atoms with van der Waals surface area (Å²) >= 11 is 1.17. The summed E-state index contributed by atoms with van der Waals surface area (Å²) in [7, 11) is 0. The molecule has 24 nitrogen and oxygen atoms in total. The van der Waals surface area contributed by atoms with Crippen LogP contribution in [0.2, 0.25) is 0 Å². The van der Waals surface area contributed by atoms with Crippen molar-refractivity contribution in [3.8, 4) is 22.1 Å². The fourth-order valence-corrected chi connectivity index (χ4v) is 11.7. The second-order valence-electron chi connectivity index (χ2n) is 21.4. The smallest absolute Gasteiger partial charge is 0.330 e. The van der Waals surface area contributed by atoms with Crippen LogP contribution in [-0.2, 0) is 85.7 Å². The molecule has 86 heavy (non-hydrogen) atoms. The number of nitrogens with zero attached hydrogens (tertiary/aromatic N) is 2. The highest BCUT2D eigenvalue weighted by atomic mass is 32.1. The standard InChI is InChI=1S/C61H76N2O22S/c1-3-51(64)78-35-31-74-27-29-76-33-37-80-56(66)40-5-9-42(10-6-40)58(68)82-47-21-15-44(16-22-47)60(70)84-49-25-26-50(54-53(49)62-55(86-54)39-13-19-46(20-14-39)63(72)73)85-61(71)45-17-23-48(24-18-45)83-59(69)43-11-7-41(8-12-43)57(67)81-38-34-77-30-28-75-32-36-79-52(65)4-2/h3-4,13-14,19-20,25-26,40-45,47-48H,1-2,5-12,15-18,21-24,27-38H2. The lowest BCUT2D eigenvalue weighted by atomic mass is 9.82. The SMILES string of the molecule is C=CC(=O)OCCOCCOCCOC(=O)C1CCC(C(=O)OC2CCC(C(=O)Oc3ccc(OC(=O)C4CCC(OC(=O)C5CCC(C(=O)OCCOCCOCCOC(=O)C=C)CC5)CC4)c4sc(-c5ccc([N+](=O)[O-])cc5)nc34)CC2)CC1. The summed E-state index contributed by atoms with van der Waals surface area (Å²) in [6.07, 6.45) is 8.72. The zero-order chi connectivity index (χ0) is 61.2. The summed E-state index contributed by atoms with van der Waals surface area (Å²) in [5.74, 6) is -5.34. The average molecular weight is 1220 g/mol. The molecule has 0 atom stereocenters. The molecule has 0 aliphatic heterocycles. The quantitative estimate of drug-likeness (QED) is 0.0108. The molecule has 468 valence electrons. The highest BCUT2D eigenvalue weighted by Gasteiger charge is 2.37. The Balaban J connectivity index is 0.815. The molecule has 3 aromatic rings. The monoisotopic (exact) mass is 1220 g/mol. The molecular weight excluding hydrogens is 1140 g/mol. The Bertz CT molecular complexity index is 2630. The van der Waals surface area contributed by atoms with Crippen LogP contribution >= 0.6 is 11.3 Å². The number of thiazole rings is 1. The van der Waals surface area contributed by atoms with Crippen molar-refractivity contribution < 1.29 is 100 Å². The van der Waals surface area contributed by atoms with E-state index in [-0.39, 0.29) is 162 Å². The number of non-ortho nitro benzene ring substituents is 1. The number of ether oxygens (including phenoxy) is 12. The van der Waals surface area contributed by atoms with Crippen molar-refractivity contribution >= 4 is 75.0 Å². The second-order valence-corrected chi connectivity index (χ2v) is 22.3. The van der Waals surface area contributed by atoms with Crippen LogP contribution in [0.5, 0.6) is 11.5 Å². The zero-order valence-electron chi connectivity index (χ0n) is 48.2. The number of nitro benzene ring substituents is 1. The normalized spacial score (nSPS) is 22.0. The summed E-state index contributed by atoms with van der Waals surface area (Å²) in [5.41, 5.74) is 0.708. The number of carbonyl (C=O) groups is 8. The van der Waals surface area contributed by atoms with E-state index in [4.69, 9.17) is 61.8 Å². The molecule has 1 heterocycles. The van der Waals surface area contributed by atoms with Crippen molar-refractivity contribution in [3.05, 3.63) is 71.8 Å². The van der Waals surface area contributed by atoms with Crippen LogP contribution in [0.3, 0.4) is 0 Å². The van der Waals surface area contributed by atoms with Crippen LogP contribution in [0.15, 0.2) is 61.7 Å². The van der Waals surface area contributed by atoms with Gasteiger partial charge in [-0.1, -0.05) is 13.2 Å². The van der Waals surface area contributed by atoms with Crippen LogP contribution < -0.4 is 9.47 Å². The Kier molecular flexibility index (Phi) is 26.9. The molecule has 25 heteroatoms. The lowest BCUT2D eigenvalue weighted by Crippen LogP contribution is -2.33. The molecule has 0 saturated heterocycles. The van der Waals surface area contributed by atoms with Gasteiger partial charge in [0.15, 0.2) is 11.5 Å². The highest BCUT2D eigenvalue weighted by Crippen LogP contribution is 2.43. The first-order valence-corrected chi connectivity index (χ1v) is 30.3. The molecular formula is C61H76N2O22S. The van der Waals surface area contributed by atoms with Crippen molar-refractivity contribution in [3.63, 3.8) is 0 Å². The van der Waals surface area contributed by atoms with Gasteiger partial charge in [-0.15, -0.1) is 11.3 Å². The topological polar surface area (TPSA) is 303 Å². The number of nitro groups is 1. The Morgan fingerprint density at radius 1 is 0.453 bits per heavy atom. The number of esters is 8. The van der Waals surface area contributed by atoms with E-state index < -0.39 is 40.6 Å². The fraction of sp³-hybridized carbons (Fsp3) is 0.590. The Hall–Kier alpha value is -7.19. The van der Waals surface area contributed by atoms with Crippen molar-refractivity contribution in [2.24, 2.45) is 35.5 Å². The maximum Gasteiger partial charge on any atom is 0.330 e. The Morgan fingerprint density at radius 3 is 1.19 bits per heavy atom. The first kappa shape index (κ1) is 66.3. The maximum atomic E-state index is 13.8. The number of hydrogen-bond acceptors (Lipinski definition) is 24. The van der Waals surface area contributed by atoms with E-state index in [9.17, 15) is 48.5 Å². The minimum atomic E-state index is -0.523. The molecule has 4 aliphatic rings. The van der Waals surface area contributed by atoms with Gasteiger partial charge < -0.3 is 56.8 Å². The lowest BCUT2D eigenvalue weighted by molar-refractivity contribution is -0.384. The van der Waals surface area contributed by atoms with Crippen LogP contribution in [-0.4, -0.2) is 149 Å². The number of hydrogen-bond donors (Lipinski definition) is 0. The summed E-state index contributed by atoms with van der Waals surface area (Å²) in [6, 6.07) is 8.90. The van der Waals surface area contributed by atoms with Gasteiger partial charge in [-0.25, -0.2) is 14.6 Å². The third kappa shape index (κ3) is 20.8. The molecule has 0 N–H and O–H groups in total. The van der Waals surface area contributed by atoms with Gasteiger partial charge in [0.1, 0.15) is 53.9 Å². The van der Waals surface area contributed by atoms with Crippen molar-refractivity contribution in [1.82, 2.24) is 4.98 Å². The number of fused-ring (bicyclic) bond motifs is 1. The van der Waals surface area contributed by atoms with Crippen LogP contribution in [0.25, 0.3) is 20.8 Å². The van der Waals surface area contributed by atoms with E-state index in [0.29, 0.717) is 118 Å². The van der Waals surface area contributed by atoms with Gasteiger partial charge in [-0.05, 0) is 127 Å². The van der Waals surface area contributed by atoms with Gasteiger partial charge >= 0.3 is 47.8 Å². The fourth-order valence-electron chi connectivity index (χ4n) is 10.6. The second kappa shape index (κ2) is 34.8. The van der Waals surface area contributed by atoms with Gasteiger partial charge in [0.2, 0.25) is 0 Å². The highest BCUT2D eigenvalue weighted by molar-refractivity contribution is 7.22. The largest absolute Gasteiger partial charge is 0.463 e.